The summed E-state index contributed by atoms with van der Waals surface area (Å²) in [6.45, 7) is 5.36. The van der Waals surface area contributed by atoms with Crippen molar-refractivity contribution in [3.63, 3.8) is 0 Å². The Morgan fingerprint density at radius 3 is 2.27 bits per heavy atom. The fraction of sp³-hybridized carbons (Fsp3) is 0.607. The van der Waals surface area contributed by atoms with Crippen LogP contribution in [0.1, 0.15) is 106 Å². The van der Waals surface area contributed by atoms with E-state index in [4.69, 9.17) is 0 Å². The Kier molecular flexibility index (Phi) is 16.5. The Hall–Kier alpha value is -2.43. The number of nitrogens with one attached hydrogen (secondary N) is 1. The van der Waals surface area contributed by atoms with Gasteiger partial charge < -0.3 is 15.2 Å². The second-order valence-corrected chi connectivity index (χ2v) is 8.75. The first-order valence-corrected chi connectivity index (χ1v) is 12.8. The van der Waals surface area contributed by atoms with Gasteiger partial charge in [-0.1, -0.05) is 63.3 Å². The molecule has 0 spiro atoms. The lowest BCUT2D eigenvalue weighted by molar-refractivity contribution is -0.697. The summed E-state index contributed by atoms with van der Waals surface area (Å²) in [7, 11) is 0. The number of rotatable bonds is 19. The molecule has 0 saturated heterocycles. The van der Waals surface area contributed by atoms with Crippen molar-refractivity contribution in [1.29, 1.82) is 0 Å². The number of carboxylic acid groups (broad SMARTS) is 1. The summed E-state index contributed by atoms with van der Waals surface area (Å²) in [5.74, 6) is -1.03. The van der Waals surface area contributed by atoms with Gasteiger partial charge >= 0.3 is 0 Å². The van der Waals surface area contributed by atoms with Crippen molar-refractivity contribution in [3.8, 4) is 0 Å². The van der Waals surface area contributed by atoms with Crippen LogP contribution in [-0.4, -0.2) is 18.4 Å². The Balaban J connectivity index is 1.94. The fourth-order valence-corrected chi connectivity index (χ4v) is 3.71. The monoisotopic (exact) mass is 456 g/mol. The molecule has 1 rings (SSSR count). The maximum Gasteiger partial charge on any atom is 0.219 e. The number of hydrogen-bond donors (Lipinski definition) is 1. The molecule has 0 aromatic carbocycles. The summed E-state index contributed by atoms with van der Waals surface area (Å²) < 4.78 is 1.94. The van der Waals surface area contributed by atoms with E-state index in [1.54, 1.807) is 25.4 Å². The van der Waals surface area contributed by atoms with E-state index in [1.165, 1.54) is 44.9 Å². The van der Waals surface area contributed by atoms with Gasteiger partial charge in [0.1, 0.15) is 6.54 Å². The SMILES string of the molecule is CCCCC/C=C\C/C=C\CCCCCCCC(=O)NCCC[n+]1ccc(C(=O)[O-])c(C)c1. The first kappa shape index (κ1) is 28.6. The highest BCUT2D eigenvalue weighted by molar-refractivity contribution is 5.87. The van der Waals surface area contributed by atoms with Crippen LogP contribution in [-0.2, 0) is 11.3 Å². The molecule has 0 bridgehead atoms. The maximum absolute atomic E-state index is 12.0. The quantitative estimate of drug-likeness (QED) is 0.182. The number of aryl methyl sites for hydroxylation is 2. The predicted molar refractivity (Wildman–Crippen MR) is 133 cm³/mol. The van der Waals surface area contributed by atoms with Crippen LogP contribution in [0, 0.1) is 6.92 Å². The van der Waals surface area contributed by atoms with E-state index in [2.05, 4.69) is 36.5 Å². The first-order valence-electron chi connectivity index (χ1n) is 12.8. The van der Waals surface area contributed by atoms with Gasteiger partial charge in [-0.3, -0.25) is 4.79 Å². The number of carboxylic acids is 1. The van der Waals surface area contributed by atoms with Gasteiger partial charge in [-0.25, -0.2) is 4.57 Å². The van der Waals surface area contributed by atoms with Crippen molar-refractivity contribution in [2.45, 2.75) is 104 Å². The number of aromatic carboxylic acids is 1. The van der Waals surface area contributed by atoms with Crippen molar-refractivity contribution < 1.29 is 19.3 Å². The minimum absolute atomic E-state index is 0.120. The number of aromatic nitrogens is 1. The molecule has 0 radical (unpaired) electrons. The van der Waals surface area contributed by atoms with Crippen LogP contribution in [0.25, 0.3) is 0 Å². The maximum atomic E-state index is 12.0. The van der Waals surface area contributed by atoms with Crippen LogP contribution in [0.3, 0.4) is 0 Å². The van der Waals surface area contributed by atoms with Gasteiger partial charge in [0, 0.05) is 36.6 Å². The molecule has 1 N–H and O–H groups in total. The molecule has 0 unspecified atom stereocenters. The van der Waals surface area contributed by atoms with Gasteiger partial charge in [0.25, 0.3) is 0 Å². The summed E-state index contributed by atoms with van der Waals surface area (Å²) in [6, 6.07) is 1.56. The molecule has 0 fully saturated rings. The Morgan fingerprint density at radius 2 is 1.61 bits per heavy atom. The van der Waals surface area contributed by atoms with Crippen LogP contribution >= 0.6 is 0 Å². The molecule has 184 valence electrons. The normalized spacial score (nSPS) is 11.5. The van der Waals surface area contributed by atoms with Crippen molar-refractivity contribution in [2.24, 2.45) is 0 Å². The lowest BCUT2D eigenvalue weighted by atomic mass is 10.1. The van der Waals surface area contributed by atoms with Gasteiger partial charge in [0.2, 0.25) is 5.91 Å². The second-order valence-electron chi connectivity index (χ2n) is 8.75. The van der Waals surface area contributed by atoms with Gasteiger partial charge in [-0.2, -0.15) is 0 Å². The number of pyridine rings is 1. The number of amides is 1. The molecular weight excluding hydrogens is 412 g/mol. The third kappa shape index (κ3) is 15.1. The van der Waals surface area contributed by atoms with Crippen molar-refractivity contribution in [3.05, 3.63) is 53.9 Å². The summed E-state index contributed by atoms with van der Waals surface area (Å²) in [5, 5.41) is 13.9. The van der Waals surface area contributed by atoms with E-state index in [0.29, 0.717) is 18.5 Å². The summed E-state index contributed by atoms with van der Waals surface area (Å²) in [4.78, 5) is 22.9. The Labute approximate surface area is 201 Å². The molecule has 0 atom stereocenters. The number of allylic oxidation sites excluding steroid dienone is 4. The standard InChI is InChI=1S/C28H44N2O3/c1-3-4-5-6-7-8-9-10-11-12-13-14-15-16-17-19-27(31)29-21-18-22-30-23-20-26(28(32)33)25(2)24-30/h7-8,10-11,20,23-24H,3-6,9,12-19,21-22H2,1-2H3,(H-,29,31,32,33)/b8-7-,11-10-. The van der Waals surface area contributed by atoms with E-state index in [1.807, 2.05) is 4.57 Å². The third-order valence-electron chi connectivity index (χ3n) is 5.71. The molecule has 33 heavy (non-hydrogen) atoms. The van der Waals surface area contributed by atoms with Crippen LogP contribution in [0.4, 0.5) is 0 Å². The number of unbranched alkanes of at least 4 members (excludes halogenated alkanes) is 8. The molecule has 1 aromatic rings. The topological polar surface area (TPSA) is 73.1 Å². The molecule has 1 amide bonds. The molecule has 1 aromatic heterocycles. The zero-order valence-corrected chi connectivity index (χ0v) is 20.8. The molecule has 0 aliphatic heterocycles. The van der Waals surface area contributed by atoms with Gasteiger partial charge in [-0.15, -0.1) is 0 Å². The van der Waals surface area contributed by atoms with Crippen LogP contribution in [0.5, 0.6) is 0 Å². The second kappa shape index (κ2) is 19.1. The third-order valence-corrected chi connectivity index (χ3v) is 5.71. The van der Waals surface area contributed by atoms with E-state index < -0.39 is 5.97 Å². The number of nitrogens with zero attached hydrogens (tertiary/aromatic N) is 1. The summed E-state index contributed by atoms with van der Waals surface area (Å²) in [5.41, 5.74) is 0.903. The minimum atomic E-state index is -1.15. The highest BCUT2D eigenvalue weighted by atomic mass is 16.4. The number of carbonyl (C=O) groups is 2. The fourth-order valence-electron chi connectivity index (χ4n) is 3.71. The predicted octanol–water partition coefficient (Wildman–Crippen LogP) is 4.97. The van der Waals surface area contributed by atoms with E-state index >= 15 is 0 Å². The lowest BCUT2D eigenvalue weighted by Crippen LogP contribution is -2.37. The van der Waals surface area contributed by atoms with Crippen LogP contribution in [0.2, 0.25) is 0 Å². The highest BCUT2D eigenvalue weighted by Crippen LogP contribution is 2.08. The summed E-state index contributed by atoms with van der Waals surface area (Å²) >= 11 is 0. The lowest BCUT2D eigenvalue weighted by Gasteiger charge is -2.06. The molecule has 5 nitrogen and oxygen atoms in total. The Morgan fingerprint density at radius 1 is 0.939 bits per heavy atom. The average Bonchev–Trinajstić information content (AvgIpc) is 2.79. The van der Waals surface area contributed by atoms with Crippen LogP contribution in [0.15, 0.2) is 42.8 Å². The molecular formula is C28H44N2O3. The van der Waals surface area contributed by atoms with E-state index in [-0.39, 0.29) is 11.5 Å². The largest absolute Gasteiger partial charge is 0.545 e. The Bertz CT molecular complexity index is 741. The minimum Gasteiger partial charge on any atom is -0.545 e. The number of hydrogen-bond acceptors (Lipinski definition) is 3. The van der Waals surface area contributed by atoms with Gasteiger partial charge in [-0.05, 0) is 45.4 Å². The number of carbonyl (C=O) groups excluding carboxylic acids is 2. The summed E-state index contributed by atoms with van der Waals surface area (Å²) in [6.07, 6.45) is 27.1. The average molecular weight is 457 g/mol. The zero-order chi connectivity index (χ0) is 24.2. The first-order chi connectivity index (χ1) is 16.0. The smallest absolute Gasteiger partial charge is 0.219 e. The van der Waals surface area contributed by atoms with Gasteiger partial charge in [0.15, 0.2) is 12.4 Å². The van der Waals surface area contributed by atoms with E-state index in [0.717, 1.165) is 38.6 Å². The van der Waals surface area contributed by atoms with Crippen LogP contribution < -0.4 is 15.0 Å². The van der Waals surface area contributed by atoms with Gasteiger partial charge in [0.05, 0.1) is 5.97 Å². The zero-order valence-electron chi connectivity index (χ0n) is 20.8. The van der Waals surface area contributed by atoms with E-state index in [9.17, 15) is 14.7 Å². The molecule has 1 heterocycles. The highest BCUT2D eigenvalue weighted by Gasteiger charge is 2.07. The molecule has 5 heteroatoms. The van der Waals surface area contributed by atoms with Crippen molar-refractivity contribution in [2.75, 3.05) is 6.54 Å². The van der Waals surface area contributed by atoms with Crippen molar-refractivity contribution >= 4 is 11.9 Å². The molecule has 0 aliphatic rings. The molecule has 0 aliphatic carbocycles. The van der Waals surface area contributed by atoms with Crippen molar-refractivity contribution in [1.82, 2.24) is 5.32 Å². The molecule has 0 saturated carbocycles.